The summed E-state index contributed by atoms with van der Waals surface area (Å²) in [7, 11) is 0. The normalized spacial score (nSPS) is 29.5. The van der Waals surface area contributed by atoms with Crippen LogP contribution in [0.4, 0.5) is 0 Å². The maximum absolute atomic E-state index is 11.5. The fraction of sp³-hybridized carbons (Fsp3) is 0.333. The van der Waals surface area contributed by atoms with Crippen molar-refractivity contribution in [2.45, 2.75) is 19.6 Å². The monoisotopic (exact) mass is 220 g/mol. The van der Waals surface area contributed by atoms with Gasteiger partial charge in [0.1, 0.15) is 0 Å². The second-order valence-electron chi connectivity index (χ2n) is 3.88. The van der Waals surface area contributed by atoms with Crippen LogP contribution in [0.3, 0.4) is 0 Å². The molecule has 1 aromatic carbocycles. The first-order valence-corrected chi connectivity index (χ1v) is 5.04. The quantitative estimate of drug-likeness (QED) is 0.532. The molecule has 1 aromatic rings. The minimum atomic E-state index is -1.30. The van der Waals surface area contributed by atoms with Gasteiger partial charge in [0, 0.05) is 12.5 Å². The van der Waals surface area contributed by atoms with Gasteiger partial charge in [-0.25, -0.2) is 0 Å². The third kappa shape index (κ3) is 1.66. The second-order valence-corrected chi connectivity index (χ2v) is 3.88. The predicted octanol–water partition coefficient (Wildman–Crippen LogP) is 1.60. The van der Waals surface area contributed by atoms with E-state index in [0.717, 1.165) is 0 Å². The molecule has 0 amide bonds. The molecule has 2 rings (SSSR count). The predicted molar refractivity (Wildman–Crippen MR) is 55.1 cm³/mol. The molecule has 4 heteroatoms. The Balaban J connectivity index is 2.34. The Morgan fingerprint density at radius 1 is 1.06 bits per heavy atom. The zero-order chi connectivity index (χ0) is 11.8. The highest BCUT2D eigenvalue weighted by Gasteiger charge is 2.44. The summed E-state index contributed by atoms with van der Waals surface area (Å²) in [5.74, 6) is -3.26. The van der Waals surface area contributed by atoms with Gasteiger partial charge in [0.25, 0.3) is 5.79 Å². The lowest BCUT2D eigenvalue weighted by Crippen LogP contribution is -2.45. The summed E-state index contributed by atoms with van der Waals surface area (Å²) in [6.07, 6.45) is 0. The molecule has 84 valence electrons. The number of cyclic esters (lactones) is 2. The fourth-order valence-corrected chi connectivity index (χ4v) is 1.54. The number of carbonyl (C=O) groups is 2. The number of carbonyl (C=O) groups excluding carboxylic acids is 2. The lowest BCUT2D eigenvalue weighted by Gasteiger charge is -2.34. The SMILES string of the molecule is CC1C(=O)OC(C)(c2ccccc2)OC1=O. The standard InChI is InChI=1S/C12H12O4/c1-8-10(13)15-12(2,16-11(8)14)9-6-4-3-5-7-9/h3-8H,1-2H3. The van der Waals surface area contributed by atoms with E-state index in [0.29, 0.717) is 5.56 Å². The number of ether oxygens (including phenoxy) is 2. The number of hydrogen-bond acceptors (Lipinski definition) is 4. The van der Waals surface area contributed by atoms with Gasteiger partial charge in [-0.3, -0.25) is 9.59 Å². The lowest BCUT2D eigenvalue weighted by atomic mass is 10.0. The number of hydrogen-bond donors (Lipinski definition) is 0. The van der Waals surface area contributed by atoms with Crippen LogP contribution in [0.2, 0.25) is 0 Å². The summed E-state index contributed by atoms with van der Waals surface area (Å²) in [4.78, 5) is 22.9. The van der Waals surface area contributed by atoms with E-state index in [1.807, 2.05) is 6.07 Å². The van der Waals surface area contributed by atoms with E-state index in [1.165, 1.54) is 6.92 Å². The summed E-state index contributed by atoms with van der Waals surface area (Å²) < 4.78 is 10.3. The first-order valence-electron chi connectivity index (χ1n) is 5.04. The minimum Gasteiger partial charge on any atom is -0.418 e. The van der Waals surface area contributed by atoms with Crippen LogP contribution in [0.15, 0.2) is 30.3 Å². The number of esters is 2. The summed E-state index contributed by atoms with van der Waals surface area (Å²) in [5, 5.41) is 0. The summed E-state index contributed by atoms with van der Waals surface area (Å²) in [6, 6.07) is 8.91. The van der Waals surface area contributed by atoms with Crippen LogP contribution >= 0.6 is 0 Å². The lowest BCUT2D eigenvalue weighted by molar-refractivity contribution is -0.250. The molecule has 16 heavy (non-hydrogen) atoms. The van der Waals surface area contributed by atoms with E-state index >= 15 is 0 Å². The molecule has 4 nitrogen and oxygen atoms in total. The molecule has 0 bridgehead atoms. The molecule has 1 fully saturated rings. The molecule has 1 aliphatic rings. The van der Waals surface area contributed by atoms with E-state index in [2.05, 4.69) is 0 Å². The summed E-state index contributed by atoms with van der Waals surface area (Å²) in [6.45, 7) is 3.03. The van der Waals surface area contributed by atoms with Gasteiger partial charge < -0.3 is 9.47 Å². The first-order chi connectivity index (χ1) is 7.53. The molecule has 0 unspecified atom stereocenters. The molecule has 0 saturated carbocycles. The van der Waals surface area contributed by atoms with Crippen LogP contribution < -0.4 is 0 Å². The maximum Gasteiger partial charge on any atom is 0.323 e. The van der Waals surface area contributed by atoms with Crippen molar-refractivity contribution in [2.24, 2.45) is 5.92 Å². The zero-order valence-corrected chi connectivity index (χ0v) is 9.10. The average molecular weight is 220 g/mol. The molecule has 0 spiro atoms. The Bertz CT molecular complexity index is 406. The first kappa shape index (κ1) is 10.7. The van der Waals surface area contributed by atoms with Crippen LogP contribution in [-0.4, -0.2) is 11.9 Å². The van der Waals surface area contributed by atoms with E-state index in [-0.39, 0.29) is 0 Å². The number of rotatable bonds is 1. The molecule has 0 N–H and O–H groups in total. The Labute approximate surface area is 93.2 Å². The smallest absolute Gasteiger partial charge is 0.323 e. The highest BCUT2D eigenvalue weighted by molar-refractivity contribution is 5.96. The Hall–Kier alpha value is -1.84. The zero-order valence-electron chi connectivity index (χ0n) is 9.10. The average Bonchev–Trinajstić information content (AvgIpc) is 2.27. The second kappa shape index (κ2) is 3.63. The topological polar surface area (TPSA) is 52.6 Å². The molecule has 0 aliphatic carbocycles. The Kier molecular flexibility index (Phi) is 2.42. The molecular formula is C12H12O4. The van der Waals surface area contributed by atoms with Gasteiger partial charge >= 0.3 is 11.9 Å². The van der Waals surface area contributed by atoms with Crippen LogP contribution in [0.25, 0.3) is 0 Å². The highest BCUT2D eigenvalue weighted by Crippen LogP contribution is 2.32. The van der Waals surface area contributed by atoms with Crippen molar-refractivity contribution >= 4 is 11.9 Å². The highest BCUT2D eigenvalue weighted by atomic mass is 16.7. The fourth-order valence-electron chi connectivity index (χ4n) is 1.54. The van der Waals surface area contributed by atoms with Gasteiger partial charge in [-0.05, 0) is 6.92 Å². The van der Waals surface area contributed by atoms with E-state index in [4.69, 9.17) is 9.47 Å². The number of benzene rings is 1. The van der Waals surface area contributed by atoms with Crippen LogP contribution in [0.5, 0.6) is 0 Å². The van der Waals surface area contributed by atoms with Gasteiger partial charge in [-0.1, -0.05) is 30.3 Å². The van der Waals surface area contributed by atoms with Crippen LogP contribution in [0.1, 0.15) is 19.4 Å². The summed E-state index contributed by atoms with van der Waals surface area (Å²) >= 11 is 0. The van der Waals surface area contributed by atoms with Crippen LogP contribution in [0, 0.1) is 5.92 Å². The summed E-state index contributed by atoms with van der Waals surface area (Å²) in [5.41, 5.74) is 0.642. The molecular weight excluding hydrogens is 208 g/mol. The Morgan fingerprint density at radius 2 is 1.56 bits per heavy atom. The minimum absolute atomic E-state index is 0.553. The van der Waals surface area contributed by atoms with Crippen molar-refractivity contribution in [1.29, 1.82) is 0 Å². The van der Waals surface area contributed by atoms with Gasteiger partial charge in [0.05, 0.1) is 0 Å². The largest absolute Gasteiger partial charge is 0.418 e. The van der Waals surface area contributed by atoms with E-state index < -0.39 is 23.6 Å². The van der Waals surface area contributed by atoms with Crippen molar-refractivity contribution in [1.82, 2.24) is 0 Å². The van der Waals surface area contributed by atoms with Gasteiger partial charge in [0.2, 0.25) is 0 Å². The van der Waals surface area contributed by atoms with E-state index in [1.54, 1.807) is 31.2 Å². The Morgan fingerprint density at radius 3 is 2.06 bits per heavy atom. The third-order valence-corrected chi connectivity index (χ3v) is 2.60. The molecule has 1 saturated heterocycles. The van der Waals surface area contributed by atoms with Gasteiger partial charge in [0.15, 0.2) is 5.92 Å². The van der Waals surface area contributed by atoms with Crippen molar-refractivity contribution in [3.63, 3.8) is 0 Å². The van der Waals surface area contributed by atoms with Crippen molar-refractivity contribution in [3.8, 4) is 0 Å². The molecule has 1 heterocycles. The third-order valence-electron chi connectivity index (χ3n) is 2.60. The molecule has 0 aromatic heterocycles. The van der Waals surface area contributed by atoms with E-state index in [9.17, 15) is 9.59 Å². The van der Waals surface area contributed by atoms with Gasteiger partial charge in [-0.15, -0.1) is 0 Å². The molecule has 0 atom stereocenters. The van der Waals surface area contributed by atoms with Crippen LogP contribution in [-0.2, 0) is 24.8 Å². The van der Waals surface area contributed by atoms with Gasteiger partial charge in [-0.2, -0.15) is 0 Å². The van der Waals surface area contributed by atoms with Crippen molar-refractivity contribution < 1.29 is 19.1 Å². The molecule has 1 aliphatic heterocycles. The van der Waals surface area contributed by atoms with Crippen molar-refractivity contribution in [3.05, 3.63) is 35.9 Å². The molecule has 0 radical (unpaired) electrons. The maximum atomic E-state index is 11.5. The van der Waals surface area contributed by atoms with Crippen molar-refractivity contribution in [2.75, 3.05) is 0 Å².